The lowest BCUT2D eigenvalue weighted by atomic mass is 9.98. The molecule has 0 atom stereocenters. The molecule has 0 heterocycles. The number of hydrogen-bond acceptors (Lipinski definition) is 1. The third-order valence-electron chi connectivity index (χ3n) is 2.83. The van der Waals surface area contributed by atoms with Crippen LogP contribution in [0.5, 0.6) is 0 Å². The van der Waals surface area contributed by atoms with Crippen molar-refractivity contribution in [1.29, 1.82) is 0 Å². The molecule has 1 fully saturated rings. The molecule has 0 bridgehead atoms. The zero-order valence-electron chi connectivity index (χ0n) is 8.19. The first kappa shape index (κ1) is 9.94. The molecule has 2 rings (SSSR count). The maximum atomic E-state index is 13.8. The van der Waals surface area contributed by atoms with E-state index in [1.807, 2.05) is 0 Å². The van der Waals surface area contributed by atoms with Crippen LogP contribution in [0, 0.1) is 19.7 Å². The van der Waals surface area contributed by atoms with Crippen molar-refractivity contribution in [3.8, 4) is 0 Å². The highest BCUT2D eigenvalue weighted by Crippen LogP contribution is 2.49. The van der Waals surface area contributed by atoms with Crippen LogP contribution in [-0.4, -0.2) is 5.11 Å². The predicted octanol–water partition coefficient (Wildman–Crippen LogP) is 3.08. The van der Waals surface area contributed by atoms with Gasteiger partial charge in [0.05, 0.1) is 5.60 Å². The third-order valence-corrected chi connectivity index (χ3v) is 3.22. The number of aryl methyl sites for hydroxylation is 1. The van der Waals surface area contributed by atoms with Gasteiger partial charge in [-0.1, -0.05) is 11.6 Å². The van der Waals surface area contributed by atoms with Crippen molar-refractivity contribution in [3.05, 3.63) is 33.6 Å². The maximum absolute atomic E-state index is 13.8. The molecule has 0 aromatic heterocycles. The molecule has 1 saturated carbocycles. The van der Waals surface area contributed by atoms with E-state index in [1.54, 1.807) is 19.9 Å². The molecule has 0 amide bonds. The normalized spacial score (nSPS) is 18.4. The van der Waals surface area contributed by atoms with Gasteiger partial charge in [-0.05, 0) is 43.9 Å². The van der Waals surface area contributed by atoms with Gasteiger partial charge in [-0.25, -0.2) is 4.39 Å². The highest BCUT2D eigenvalue weighted by molar-refractivity contribution is 6.31. The minimum atomic E-state index is -0.955. The summed E-state index contributed by atoms with van der Waals surface area (Å²) in [6.07, 6.45) is 1.26. The van der Waals surface area contributed by atoms with Gasteiger partial charge in [0.15, 0.2) is 0 Å². The van der Waals surface area contributed by atoms with E-state index in [1.165, 1.54) is 0 Å². The van der Waals surface area contributed by atoms with E-state index in [4.69, 9.17) is 11.6 Å². The largest absolute Gasteiger partial charge is 0.385 e. The van der Waals surface area contributed by atoms with Crippen molar-refractivity contribution in [2.75, 3.05) is 0 Å². The average molecular weight is 215 g/mol. The summed E-state index contributed by atoms with van der Waals surface area (Å²) in [5.74, 6) is -0.313. The standard InChI is InChI=1S/C11H12ClFO/c1-6-5-8(12)7(2)9(10(6)13)11(14)3-4-11/h5,14H,3-4H2,1-2H3. The van der Waals surface area contributed by atoms with Crippen LogP contribution in [0.15, 0.2) is 6.07 Å². The Morgan fingerprint density at radius 3 is 2.50 bits per heavy atom. The number of hydrogen-bond donors (Lipinski definition) is 1. The lowest BCUT2D eigenvalue weighted by molar-refractivity contribution is 0.146. The Bertz CT molecular complexity index is 371. The molecule has 76 valence electrons. The molecule has 1 nitrogen and oxygen atoms in total. The zero-order valence-corrected chi connectivity index (χ0v) is 8.95. The highest BCUT2D eigenvalue weighted by Gasteiger charge is 2.45. The molecule has 14 heavy (non-hydrogen) atoms. The second-order valence-electron chi connectivity index (χ2n) is 4.02. The quantitative estimate of drug-likeness (QED) is 0.762. The fourth-order valence-electron chi connectivity index (χ4n) is 1.76. The molecule has 3 heteroatoms. The summed E-state index contributed by atoms with van der Waals surface area (Å²) in [6.45, 7) is 3.41. The number of rotatable bonds is 1. The maximum Gasteiger partial charge on any atom is 0.132 e. The van der Waals surface area contributed by atoms with Gasteiger partial charge in [-0.15, -0.1) is 0 Å². The first-order valence-corrected chi connectivity index (χ1v) is 5.01. The van der Waals surface area contributed by atoms with E-state index in [-0.39, 0.29) is 5.82 Å². The summed E-state index contributed by atoms with van der Waals surface area (Å²) in [4.78, 5) is 0. The van der Waals surface area contributed by atoms with Crippen molar-refractivity contribution in [1.82, 2.24) is 0 Å². The Labute approximate surface area is 87.5 Å². The minimum absolute atomic E-state index is 0.313. The SMILES string of the molecule is Cc1cc(Cl)c(C)c(C2(O)CC2)c1F. The molecule has 1 aromatic rings. The van der Waals surface area contributed by atoms with E-state index < -0.39 is 5.60 Å². The highest BCUT2D eigenvalue weighted by atomic mass is 35.5. The van der Waals surface area contributed by atoms with Gasteiger partial charge in [0.25, 0.3) is 0 Å². The molecule has 0 spiro atoms. The number of halogens is 2. The van der Waals surface area contributed by atoms with Gasteiger partial charge in [0.1, 0.15) is 5.82 Å². The number of aliphatic hydroxyl groups is 1. The molecule has 1 N–H and O–H groups in total. The van der Waals surface area contributed by atoms with Crippen molar-refractivity contribution in [2.45, 2.75) is 32.3 Å². The third kappa shape index (κ3) is 1.33. The predicted molar refractivity (Wildman–Crippen MR) is 54.0 cm³/mol. The summed E-state index contributed by atoms with van der Waals surface area (Å²) in [6, 6.07) is 1.60. The van der Waals surface area contributed by atoms with Gasteiger partial charge in [-0.2, -0.15) is 0 Å². The molecule has 0 radical (unpaired) electrons. The summed E-state index contributed by atoms with van der Waals surface area (Å²) < 4.78 is 13.8. The molecular weight excluding hydrogens is 203 g/mol. The van der Waals surface area contributed by atoms with Crippen molar-refractivity contribution in [2.24, 2.45) is 0 Å². The van der Waals surface area contributed by atoms with Gasteiger partial charge < -0.3 is 5.11 Å². The smallest absolute Gasteiger partial charge is 0.132 e. The van der Waals surface area contributed by atoms with Crippen LogP contribution in [-0.2, 0) is 5.60 Å². The molecule has 1 aliphatic carbocycles. The molecule has 0 saturated heterocycles. The first-order chi connectivity index (χ1) is 6.46. The van der Waals surface area contributed by atoms with Crippen molar-refractivity contribution >= 4 is 11.6 Å². The van der Waals surface area contributed by atoms with Crippen LogP contribution in [0.3, 0.4) is 0 Å². The molecule has 0 unspecified atom stereocenters. The lowest BCUT2D eigenvalue weighted by Gasteiger charge is -2.15. The Morgan fingerprint density at radius 2 is 2.00 bits per heavy atom. The fourth-order valence-corrected chi connectivity index (χ4v) is 2.02. The van der Waals surface area contributed by atoms with Gasteiger partial charge in [0, 0.05) is 10.6 Å². The van der Waals surface area contributed by atoms with Crippen LogP contribution < -0.4 is 0 Å². The molecule has 1 aromatic carbocycles. The van der Waals surface area contributed by atoms with E-state index in [0.29, 0.717) is 34.6 Å². The van der Waals surface area contributed by atoms with Gasteiger partial charge in [-0.3, -0.25) is 0 Å². The topological polar surface area (TPSA) is 20.2 Å². The van der Waals surface area contributed by atoms with Crippen LogP contribution >= 0.6 is 11.6 Å². The monoisotopic (exact) mass is 214 g/mol. The summed E-state index contributed by atoms with van der Waals surface area (Å²) >= 11 is 5.95. The Morgan fingerprint density at radius 1 is 1.43 bits per heavy atom. The lowest BCUT2D eigenvalue weighted by Crippen LogP contribution is -2.11. The summed E-state index contributed by atoms with van der Waals surface area (Å²) in [5.41, 5.74) is 0.595. The van der Waals surface area contributed by atoms with Crippen LogP contribution in [0.4, 0.5) is 4.39 Å². The fraction of sp³-hybridized carbons (Fsp3) is 0.455. The van der Waals surface area contributed by atoms with Gasteiger partial charge >= 0.3 is 0 Å². The number of benzene rings is 1. The van der Waals surface area contributed by atoms with E-state index in [0.717, 1.165) is 0 Å². The van der Waals surface area contributed by atoms with Crippen LogP contribution in [0.25, 0.3) is 0 Å². The van der Waals surface area contributed by atoms with E-state index in [2.05, 4.69) is 0 Å². The zero-order chi connectivity index (χ0) is 10.5. The minimum Gasteiger partial charge on any atom is -0.385 e. The Balaban J connectivity index is 2.68. The Hall–Kier alpha value is -0.600. The second kappa shape index (κ2) is 2.94. The first-order valence-electron chi connectivity index (χ1n) is 4.64. The van der Waals surface area contributed by atoms with Crippen molar-refractivity contribution in [3.63, 3.8) is 0 Å². The second-order valence-corrected chi connectivity index (χ2v) is 4.43. The van der Waals surface area contributed by atoms with Crippen LogP contribution in [0.2, 0.25) is 5.02 Å². The molecular formula is C11H12ClFO. The van der Waals surface area contributed by atoms with Crippen LogP contribution in [0.1, 0.15) is 29.5 Å². The van der Waals surface area contributed by atoms with E-state index >= 15 is 0 Å². The summed E-state index contributed by atoms with van der Waals surface area (Å²) in [5, 5.41) is 10.4. The average Bonchev–Trinajstić information content (AvgIpc) is 2.81. The Kier molecular flexibility index (Phi) is 2.09. The molecule has 0 aliphatic heterocycles. The van der Waals surface area contributed by atoms with Crippen molar-refractivity contribution < 1.29 is 9.50 Å². The van der Waals surface area contributed by atoms with E-state index in [9.17, 15) is 9.50 Å². The van der Waals surface area contributed by atoms with Gasteiger partial charge in [0.2, 0.25) is 0 Å². The summed E-state index contributed by atoms with van der Waals surface area (Å²) in [7, 11) is 0. The molecule has 1 aliphatic rings.